The summed E-state index contributed by atoms with van der Waals surface area (Å²) in [7, 11) is 0. The molecule has 0 spiro atoms. The minimum atomic E-state index is -2.94. The highest BCUT2D eigenvalue weighted by Crippen LogP contribution is 2.22. The van der Waals surface area contributed by atoms with Crippen LogP contribution in [0.3, 0.4) is 0 Å². The van der Waals surface area contributed by atoms with E-state index < -0.39 is 24.5 Å². The Bertz CT molecular complexity index is 981. The molecule has 0 saturated heterocycles. The van der Waals surface area contributed by atoms with Crippen molar-refractivity contribution in [3.8, 4) is 5.75 Å². The summed E-state index contributed by atoms with van der Waals surface area (Å²) in [5.41, 5.74) is 1.06. The zero-order valence-electron chi connectivity index (χ0n) is 14.7. The molecule has 0 fully saturated rings. The van der Waals surface area contributed by atoms with Crippen LogP contribution in [0, 0.1) is 0 Å². The van der Waals surface area contributed by atoms with Crippen LogP contribution < -0.4 is 4.74 Å². The molecule has 28 heavy (non-hydrogen) atoms. The van der Waals surface area contributed by atoms with Crippen LogP contribution in [0.1, 0.15) is 22.3 Å². The Balaban J connectivity index is 1.59. The van der Waals surface area contributed by atoms with E-state index in [1.807, 2.05) is 24.3 Å². The van der Waals surface area contributed by atoms with Crippen molar-refractivity contribution in [2.24, 2.45) is 0 Å². The number of aromatic nitrogens is 1. The van der Waals surface area contributed by atoms with E-state index in [1.54, 1.807) is 0 Å². The minimum Gasteiger partial charge on any atom is -0.451 e. The van der Waals surface area contributed by atoms with Gasteiger partial charge in [-0.2, -0.15) is 8.78 Å². The first kappa shape index (κ1) is 19.6. The number of esters is 1. The van der Waals surface area contributed by atoms with Gasteiger partial charge in [0.15, 0.2) is 6.10 Å². The molecule has 1 aromatic heterocycles. The maximum Gasteiger partial charge on any atom is 0.387 e. The van der Waals surface area contributed by atoms with E-state index in [-0.39, 0.29) is 11.3 Å². The molecule has 0 saturated carbocycles. The molecule has 0 aliphatic carbocycles. The van der Waals surface area contributed by atoms with E-state index in [0.29, 0.717) is 5.01 Å². The van der Waals surface area contributed by atoms with Crippen LogP contribution >= 0.6 is 11.3 Å². The van der Waals surface area contributed by atoms with Gasteiger partial charge in [-0.3, -0.25) is 4.79 Å². The van der Waals surface area contributed by atoms with Crippen LogP contribution in [0.5, 0.6) is 5.75 Å². The lowest BCUT2D eigenvalue weighted by molar-refractivity contribution is -0.140. The number of carbonyl (C=O) groups excluding carboxylic acids is 2. The van der Waals surface area contributed by atoms with E-state index in [4.69, 9.17) is 4.74 Å². The number of thiazole rings is 1. The summed E-state index contributed by atoms with van der Waals surface area (Å²) in [6.45, 7) is -1.50. The summed E-state index contributed by atoms with van der Waals surface area (Å²) in [6, 6.07) is 12.8. The molecule has 0 bridgehead atoms. The molecule has 0 radical (unpaired) electrons. The number of ether oxygens (including phenoxy) is 2. The number of nitrogens with zero attached hydrogens (tertiary/aromatic N) is 1. The van der Waals surface area contributed by atoms with Gasteiger partial charge in [-0.15, -0.1) is 11.3 Å². The zero-order valence-corrected chi connectivity index (χ0v) is 15.5. The topological polar surface area (TPSA) is 65.5 Å². The SMILES string of the molecule is C[C@H](OC(=O)/C=C/c1nc2ccccc2s1)C(=O)c1ccc(OC(F)F)cc1. The standard InChI is InChI=1S/C20H15F2NO4S/c1-12(19(25)13-6-8-14(9-7-13)27-20(21)22)26-18(24)11-10-17-23-15-4-2-3-5-16(15)28-17/h2-12,20H,1H3/b11-10+/t12-/m0/s1. The van der Waals surface area contributed by atoms with E-state index in [2.05, 4.69) is 9.72 Å². The summed E-state index contributed by atoms with van der Waals surface area (Å²) >= 11 is 1.43. The van der Waals surface area contributed by atoms with Crippen molar-refractivity contribution in [1.29, 1.82) is 0 Å². The van der Waals surface area contributed by atoms with Gasteiger partial charge >= 0.3 is 12.6 Å². The van der Waals surface area contributed by atoms with Crippen molar-refractivity contribution in [3.63, 3.8) is 0 Å². The van der Waals surface area contributed by atoms with E-state index in [0.717, 1.165) is 10.2 Å². The number of para-hydroxylation sites is 1. The summed E-state index contributed by atoms with van der Waals surface area (Å²) in [6.07, 6.45) is 1.70. The van der Waals surface area contributed by atoms with Gasteiger partial charge in [-0.05, 0) is 49.4 Å². The predicted molar refractivity (Wildman–Crippen MR) is 102 cm³/mol. The number of halogens is 2. The Hall–Kier alpha value is -3.13. The Morgan fingerprint density at radius 3 is 2.50 bits per heavy atom. The van der Waals surface area contributed by atoms with Crippen LogP contribution in [-0.2, 0) is 9.53 Å². The molecule has 0 aliphatic heterocycles. The van der Waals surface area contributed by atoms with E-state index in [1.165, 1.54) is 54.7 Å². The fraction of sp³-hybridized carbons (Fsp3) is 0.150. The molecule has 2 aromatic carbocycles. The smallest absolute Gasteiger partial charge is 0.387 e. The first-order valence-corrected chi connectivity index (χ1v) is 9.07. The lowest BCUT2D eigenvalue weighted by atomic mass is 10.1. The van der Waals surface area contributed by atoms with Crippen molar-refractivity contribution >= 4 is 39.4 Å². The molecule has 0 unspecified atom stereocenters. The average Bonchev–Trinajstić information content (AvgIpc) is 3.09. The van der Waals surface area contributed by atoms with Gasteiger partial charge in [0.25, 0.3) is 0 Å². The maximum atomic E-state index is 12.3. The Morgan fingerprint density at radius 1 is 1.11 bits per heavy atom. The Morgan fingerprint density at radius 2 is 1.82 bits per heavy atom. The quantitative estimate of drug-likeness (QED) is 0.324. The molecule has 8 heteroatoms. The Kier molecular flexibility index (Phi) is 6.10. The molecule has 1 atom stereocenters. The second kappa shape index (κ2) is 8.71. The van der Waals surface area contributed by atoms with Crippen molar-refractivity contribution in [2.45, 2.75) is 19.6 Å². The van der Waals surface area contributed by atoms with Gasteiger partial charge in [-0.25, -0.2) is 9.78 Å². The average molecular weight is 403 g/mol. The lowest BCUT2D eigenvalue weighted by Crippen LogP contribution is -2.23. The molecular formula is C20H15F2NO4S. The molecule has 0 amide bonds. The second-order valence-corrected chi connectivity index (χ2v) is 6.76. The van der Waals surface area contributed by atoms with Crippen molar-refractivity contribution in [1.82, 2.24) is 4.98 Å². The number of ketones is 1. The summed E-state index contributed by atoms with van der Waals surface area (Å²) in [5.74, 6) is -1.20. The molecule has 5 nitrogen and oxygen atoms in total. The summed E-state index contributed by atoms with van der Waals surface area (Å²) in [4.78, 5) is 28.6. The van der Waals surface area contributed by atoms with Crippen LogP contribution in [0.4, 0.5) is 8.78 Å². The molecule has 144 valence electrons. The van der Waals surface area contributed by atoms with Crippen molar-refractivity contribution in [2.75, 3.05) is 0 Å². The van der Waals surface area contributed by atoms with Gasteiger partial charge in [0, 0.05) is 11.6 Å². The number of alkyl halides is 2. The monoisotopic (exact) mass is 403 g/mol. The van der Waals surface area contributed by atoms with Gasteiger partial charge in [0.2, 0.25) is 5.78 Å². The van der Waals surface area contributed by atoms with E-state index >= 15 is 0 Å². The highest BCUT2D eigenvalue weighted by atomic mass is 32.1. The van der Waals surface area contributed by atoms with Gasteiger partial charge in [0.05, 0.1) is 10.2 Å². The van der Waals surface area contributed by atoms with Crippen LogP contribution in [-0.4, -0.2) is 29.5 Å². The Labute approximate surface area is 163 Å². The van der Waals surface area contributed by atoms with Gasteiger partial charge in [-0.1, -0.05) is 12.1 Å². The number of carbonyl (C=O) groups is 2. The van der Waals surface area contributed by atoms with Crippen LogP contribution in [0.2, 0.25) is 0 Å². The largest absolute Gasteiger partial charge is 0.451 e. The number of hydrogen-bond acceptors (Lipinski definition) is 6. The van der Waals surface area contributed by atoms with Gasteiger partial charge < -0.3 is 9.47 Å². The first-order valence-electron chi connectivity index (χ1n) is 8.26. The third kappa shape index (κ3) is 4.98. The molecule has 1 heterocycles. The number of Topliss-reactive ketones (excluding diaryl/α,β-unsaturated/α-hetero) is 1. The number of benzene rings is 2. The van der Waals surface area contributed by atoms with E-state index in [9.17, 15) is 18.4 Å². The normalized spacial score (nSPS) is 12.4. The molecule has 0 N–H and O–H groups in total. The number of rotatable bonds is 7. The molecule has 3 rings (SSSR count). The summed E-state index contributed by atoms with van der Waals surface area (Å²) < 4.78 is 34.6. The summed E-state index contributed by atoms with van der Waals surface area (Å²) in [5, 5.41) is 0.645. The molecule has 3 aromatic rings. The highest BCUT2D eigenvalue weighted by molar-refractivity contribution is 7.19. The van der Waals surface area contributed by atoms with Gasteiger partial charge in [0.1, 0.15) is 10.8 Å². The first-order chi connectivity index (χ1) is 13.4. The van der Waals surface area contributed by atoms with Crippen LogP contribution in [0.25, 0.3) is 16.3 Å². The molecule has 0 aliphatic rings. The number of hydrogen-bond donors (Lipinski definition) is 0. The highest BCUT2D eigenvalue weighted by Gasteiger charge is 2.19. The number of fused-ring (bicyclic) bond motifs is 1. The van der Waals surface area contributed by atoms with Crippen LogP contribution in [0.15, 0.2) is 54.6 Å². The molecular weight excluding hydrogens is 388 g/mol. The minimum absolute atomic E-state index is 0.0602. The fourth-order valence-corrected chi connectivity index (χ4v) is 3.27. The zero-order chi connectivity index (χ0) is 20.1. The lowest BCUT2D eigenvalue weighted by Gasteiger charge is -2.11. The second-order valence-electron chi connectivity index (χ2n) is 5.70. The fourth-order valence-electron chi connectivity index (χ4n) is 2.40. The predicted octanol–water partition coefficient (Wildman–Crippen LogP) is 4.73. The maximum absolute atomic E-state index is 12.3. The third-order valence-corrected chi connectivity index (χ3v) is 4.70. The van der Waals surface area contributed by atoms with Crippen molar-refractivity contribution in [3.05, 3.63) is 65.2 Å². The van der Waals surface area contributed by atoms with Crippen molar-refractivity contribution < 1.29 is 27.8 Å². The third-order valence-electron chi connectivity index (χ3n) is 3.70.